The Morgan fingerprint density at radius 1 is 1.33 bits per heavy atom. The average molecular weight is 290 g/mol. The van der Waals surface area contributed by atoms with Crippen molar-refractivity contribution in [1.82, 2.24) is 19.9 Å². The number of esters is 1. The highest BCUT2D eigenvalue weighted by atomic mass is 16.5. The zero-order valence-corrected chi connectivity index (χ0v) is 12.4. The van der Waals surface area contributed by atoms with Gasteiger partial charge in [-0.25, -0.2) is 4.68 Å². The van der Waals surface area contributed by atoms with Gasteiger partial charge in [0.25, 0.3) is 5.91 Å². The molecule has 0 saturated heterocycles. The summed E-state index contributed by atoms with van der Waals surface area (Å²) in [6.45, 7) is 4.64. The first-order chi connectivity index (χ1) is 10.1. The number of ether oxygens (including phenoxy) is 1. The Labute approximate surface area is 122 Å². The van der Waals surface area contributed by atoms with Crippen LogP contribution in [0.4, 0.5) is 0 Å². The van der Waals surface area contributed by atoms with Gasteiger partial charge in [0, 0.05) is 19.2 Å². The number of aromatic nitrogens is 3. The number of hydrogen-bond acceptors (Lipinski definition) is 5. The topological polar surface area (TPSA) is 77.3 Å². The van der Waals surface area contributed by atoms with Gasteiger partial charge in [-0.3, -0.25) is 9.59 Å². The lowest BCUT2D eigenvalue weighted by Gasteiger charge is -2.16. The van der Waals surface area contributed by atoms with E-state index in [1.54, 1.807) is 30.8 Å². The van der Waals surface area contributed by atoms with Gasteiger partial charge in [-0.2, -0.15) is 0 Å². The molecule has 0 bridgehead atoms. The summed E-state index contributed by atoms with van der Waals surface area (Å²) in [5, 5.41) is 8.03. The second-order valence-corrected chi connectivity index (χ2v) is 4.57. The number of fused-ring (bicyclic) bond motifs is 1. The van der Waals surface area contributed by atoms with E-state index in [9.17, 15) is 9.59 Å². The average Bonchev–Trinajstić information content (AvgIpc) is 2.88. The van der Waals surface area contributed by atoms with Crippen molar-refractivity contribution in [3.63, 3.8) is 0 Å². The van der Waals surface area contributed by atoms with E-state index >= 15 is 0 Å². The van der Waals surface area contributed by atoms with Crippen molar-refractivity contribution in [3.05, 3.63) is 23.8 Å². The molecule has 0 N–H and O–H groups in total. The third-order valence-electron chi connectivity index (χ3n) is 3.08. The Bertz CT molecular complexity index is 665. The minimum Gasteiger partial charge on any atom is -0.465 e. The molecule has 0 fully saturated rings. The van der Waals surface area contributed by atoms with E-state index in [1.807, 2.05) is 13.0 Å². The Balaban J connectivity index is 2.17. The van der Waals surface area contributed by atoms with Gasteiger partial charge < -0.3 is 9.64 Å². The van der Waals surface area contributed by atoms with Gasteiger partial charge in [0.05, 0.1) is 12.1 Å². The molecule has 1 aromatic heterocycles. The van der Waals surface area contributed by atoms with Gasteiger partial charge in [-0.05, 0) is 32.0 Å². The molecule has 2 aromatic rings. The molecule has 7 nitrogen and oxygen atoms in total. The second-order valence-electron chi connectivity index (χ2n) is 4.57. The molecule has 1 heterocycles. The molecule has 0 unspecified atom stereocenters. The largest absolute Gasteiger partial charge is 0.465 e. The van der Waals surface area contributed by atoms with Crippen molar-refractivity contribution in [2.75, 3.05) is 20.2 Å². The summed E-state index contributed by atoms with van der Waals surface area (Å²) in [6, 6.07) is 5.20. The van der Waals surface area contributed by atoms with Crippen LogP contribution in [-0.4, -0.2) is 52.0 Å². The highest BCUT2D eigenvalue weighted by Gasteiger charge is 2.16. The molecular formula is C14H18N4O3. The maximum Gasteiger partial charge on any atom is 0.325 e. The van der Waals surface area contributed by atoms with Crippen LogP contribution in [0.15, 0.2) is 18.2 Å². The lowest BCUT2D eigenvalue weighted by atomic mass is 10.1. The van der Waals surface area contributed by atoms with Crippen LogP contribution < -0.4 is 0 Å². The van der Waals surface area contributed by atoms with Crippen LogP contribution in [0.25, 0.3) is 11.0 Å². The van der Waals surface area contributed by atoms with E-state index in [2.05, 4.69) is 10.3 Å². The van der Waals surface area contributed by atoms with Crippen LogP contribution in [0.3, 0.4) is 0 Å². The quantitative estimate of drug-likeness (QED) is 0.770. The zero-order chi connectivity index (χ0) is 15.4. The van der Waals surface area contributed by atoms with Crippen LogP contribution in [0.2, 0.25) is 0 Å². The van der Waals surface area contributed by atoms with E-state index in [0.717, 1.165) is 5.52 Å². The molecule has 2 rings (SSSR count). The minimum atomic E-state index is -0.425. The van der Waals surface area contributed by atoms with Crippen LogP contribution in [-0.2, 0) is 16.1 Å². The smallest absolute Gasteiger partial charge is 0.325 e. The second kappa shape index (κ2) is 6.34. The van der Waals surface area contributed by atoms with Gasteiger partial charge in [-0.15, -0.1) is 5.10 Å². The first-order valence-corrected chi connectivity index (χ1v) is 6.81. The molecule has 0 saturated carbocycles. The zero-order valence-electron chi connectivity index (χ0n) is 12.4. The molecule has 7 heteroatoms. The van der Waals surface area contributed by atoms with E-state index in [0.29, 0.717) is 24.2 Å². The monoisotopic (exact) mass is 290 g/mol. The minimum absolute atomic E-state index is 0.0770. The van der Waals surface area contributed by atoms with Gasteiger partial charge in [-0.1, -0.05) is 5.21 Å². The first-order valence-electron chi connectivity index (χ1n) is 6.81. The highest BCUT2D eigenvalue weighted by molar-refractivity contribution is 5.98. The maximum absolute atomic E-state index is 12.3. The summed E-state index contributed by atoms with van der Waals surface area (Å²) in [5.74, 6) is -0.678. The highest BCUT2D eigenvalue weighted by Crippen LogP contribution is 2.14. The third-order valence-corrected chi connectivity index (χ3v) is 3.08. The molecule has 1 amide bonds. The van der Waals surface area contributed by atoms with Crippen molar-refractivity contribution in [1.29, 1.82) is 0 Å². The van der Waals surface area contributed by atoms with Gasteiger partial charge in [0.2, 0.25) is 0 Å². The fraction of sp³-hybridized carbons (Fsp3) is 0.429. The molecular weight excluding hydrogens is 272 g/mol. The van der Waals surface area contributed by atoms with Crippen molar-refractivity contribution < 1.29 is 14.3 Å². The number of carbonyl (C=O) groups is 2. The summed E-state index contributed by atoms with van der Waals surface area (Å²) in [6.07, 6.45) is 0. The van der Waals surface area contributed by atoms with E-state index in [1.165, 1.54) is 4.90 Å². The number of rotatable bonds is 5. The molecule has 0 spiro atoms. The lowest BCUT2D eigenvalue weighted by Crippen LogP contribution is -2.33. The molecule has 112 valence electrons. The van der Waals surface area contributed by atoms with Crippen LogP contribution in [0.5, 0.6) is 0 Å². The Morgan fingerprint density at radius 3 is 2.76 bits per heavy atom. The predicted octanol–water partition coefficient (Wildman–Crippen LogP) is 1.09. The van der Waals surface area contributed by atoms with E-state index in [-0.39, 0.29) is 12.5 Å². The number of hydrogen-bond donors (Lipinski definition) is 0. The standard InChI is InChI=1S/C14H18N4O3/c1-4-18-12-7-6-10(8-11(12)15-16-18)14(20)17(3)9-13(19)21-5-2/h6-8H,4-5,9H2,1-3H3. The molecule has 0 aliphatic carbocycles. The number of aryl methyl sites for hydroxylation is 1. The fourth-order valence-corrected chi connectivity index (χ4v) is 2.03. The Hall–Kier alpha value is -2.44. The molecule has 1 aromatic carbocycles. The van der Waals surface area contributed by atoms with Crippen molar-refractivity contribution in [3.8, 4) is 0 Å². The van der Waals surface area contributed by atoms with Crippen molar-refractivity contribution in [2.24, 2.45) is 0 Å². The van der Waals surface area contributed by atoms with Crippen molar-refractivity contribution >= 4 is 22.9 Å². The summed E-state index contributed by atoms with van der Waals surface area (Å²) in [7, 11) is 1.56. The molecule has 0 atom stereocenters. The lowest BCUT2D eigenvalue weighted by molar-refractivity contribution is -0.143. The Morgan fingerprint density at radius 2 is 2.10 bits per heavy atom. The fourth-order valence-electron chi connectivity index (χ4n) is 2.03. The molecule has 0 radical (unpaired) electrons. The van der Waals surface area contributed by atoms with Gasteiger partial charge in [0.1, 0.15) is 12.1 Å². The molecule has 21 heavy (non-hydrogen) atoms. The van der Waals surface area contributed by atoms with E-state index < -0.39 is 5.97 Å². The number of benzene rings is 1. The number of carbonyl (C=O) groups excluding carboxylic acids is 2. The summed E-state index contributed by atoms with van der Waals surface area (Å²) in [4.78, 5) is 25.0. The number of amides is 1. The normalized spacial score (nSPS) is 10.6. The maximum atomic E-state index is 12.3. The van der Waals surface area contributed by atoms with Crippen LogP contribution >= 0.6 is 0 Å². The first kappa shape index (κ1) is 15.0. The SMILES string of the molecule is CCOC(=O)CN(C)C(=O)c1ccc2c(c1)nnn2CC. The van der Waals surface area contributed by atoms with Crippen LogP contribution in [0.1, 0.15) is 24.2 Å². The van der Waals surface area contributed by atoms with Crippen LogP contribution in [0, 0.1) is 0 Å². The van der Waals surface area contributed by atoms with Gasteiger partial charge >= 0.3 is 5.97 Å². The third kappa shape index (κ3) is 3.18. The predicted molar refractivity (Wildman–Crippen MR) is 76.8 cm³/mol. The number of nitrogens with zero attached hydrogens (tertiary/aromatic N) is 4. The Kier molecular flexibility index (Phi) is 4.52. The van der Waals surface area contributed by atoms with Crippen molar-refractivity contribution in [2.45, 2.75) is 20.4 Å². The summed E-state index contributed by atoms with van der Waals surface area (Å²) >= 11 is 0. The molecule has 0 aliphatic heterocycles. The number of likely N-dealkylation sites (N-methyl/N-ethyl adjacent to an activating group) is 1. The van der Waals surface area contributed by atoms with E-state index in [4.69, 9.17) is 4.74 Å². The van der Waals surface area contributed by atoms with Gasteiger partial charge in [0.15, 0.2) is 0 Å². The summed E-state index contributed by atoms with van der Waals surface area (Å²) in [5.41, 5.74) is 2.01. The summed E-state index contributed by atoms with van der Waals surface area (Å²) < 4.78 is 6.58. The molecule has 0 aliphatic rings.